The Morgan fingerprint density at radius 1 is 0.960 bits per heavy atom. The number of esters is 1. The zero-order valence-corrected chi connectivity index (χ0v) is 14.3. The lowest BCUT2D eigenvalue weighted by Gasteiger charge is -2.18. The van der Waals surface area contributed by atoms with Gasteiger partial charge in [0.15, 0.2) is 13.2 Å². The minimum atomic E-state index is -0.578. The number of benzene rings is 2. The van der Waals surface area contributed by atoms with Gasteiger partial charge in [0.05, 0.1) is 6.04 Å². The fraction of sp³-hybridized carbons (Fsp3) is 0.300. The first-order valence-electron chi connectivity index (χ1n) is 8.37. The molecule has 0 heterocycles. The number of nitrogens with one attached hydrogen (secondary N) is 1. The second-order valence-electron chi connectivity index (χ2n) is 5.58. The Kier molecular flexibility index (Phi) is 7.50. The van der Waals surface area contributed by atoms with E-state index in [0.29, 0.717) is 5.75 Å². The number of carbonyl (C=O) groups excluding carboxylic acids is 2. The lowest BCUT2D eigenvalue weighted by atomic mass is 10.0. The van der Waals surface area contributed by atoms with Crippen LogP contribution in [0.4, 0.5) is 0 Å². The maximum Gasteiger partial charge on any atom is 0.344 e. The molecule has 2 aromatic carbocycles. The van der Waals surface area contributed by atoms with Crippen molar-refractivity contribution in [3.05, 3.63) is 66.2 Å². The summed E-state index contributed by atoms with van der Waals surface area (Å²) in [5.41, 5.74) is 1.04. The van der Waals surface area contributed by atoms with E-state index in [2.05, 4.69) is 12.2 Å². The van der Waals surface area contributed by atoms with Gasteiger partial charge in [-0.1, -0.05) is 61.9 Å². The number of hydrogen-bond donors (Lipinski definition) is 1. The van der Waals surface area contributed by atoms with Crippen molar-refractivity contribution in [2.75, 3.05) is 13.2 Å². The Labute approximate surface area is 148 Å². The maximum atomic E-state index is 12.1. The summed E-state index contributed by atoms with van der Waals surface area (Å²) in [5.74, 6) is -0.322. The van der Waals surface area contributed by atoms with Crippen LogP contribution in [0.2, 0.25) is 0 Å². The van der Waals surface area contributed by atoms with Crippen LogP contribution in [0.5, 0.6) is 5.75 Å². The summed E-state index contributed by atoms with van der Waals surface area (Å²) in [6, 6.07) is 18.6. The molecule has 0 aliphatic heterocycles. The summed E-state index contributed by atoms with van der Waals surface area (Å²) in [6.07, 6.45) is 1.76. The third kappa shape index (κ3) is 6.67. The first-order valence-corrected chi connectivity index (χ1v) is 8.37. The molecule has 0 spiro atoms. The molecule has 0 aromatic heterocycles. The van der Waals surface area contributed by atoms with Crippen molar-refractivity contribution >= 4 is 11.9 Å². The summed E-state index contributed by atoms with van der Waals surface area (Å²) in [4.78, 5) is 23.7. The quantitative estimate of drug-likeness (QED) is 0.711. The predicted octanol–water partition coefficient (Wildman–Crippen LogP) is 3.27. The van der Waals surface area contributed by atoms with E-state index in [1.165, 1.54) is 0 Å². The molecule has 0 fully saturated rings. The zero-order chi connectivity index (χ0) is 17.9. The van der Waals surface area contributed by atoms with E-state index >= 15 is 0 Å². The van der Waals surface area contributed by atoms with Crippen LogP contribution in [0.1, 0.15) is 31.4 Å². The first kappa shape index (κ1) is 18.5. The fourth-order valence-electron chi connectivity index (χ4n) is 2.38. The molecule has 0 aliphatic rings. The van der Waals surface area contributed by atoms with Crippen molar-refractivity contribution in [3.8, 4) is 5.75 Å². The average molecular weight is 341 g/mol. The second-order valence-corrected chi connectivity index (χ2v) is 5.58. The minimum Gasteiger partial charge on any atom is -0.482 e. The highest BCUT2D eigenvalue weighted by molar-refractivity contribution is 5.81. The molecule has 0 saturated heterocycles. The summed E-state index contributed by atoms with van der Waals surface area (Å²) in [7, 11) is 0. The Morgan fingerprint density at radius 3 is 2.24 bits per heavy atom. The van der Waals surface area contributed by atoms with E-state index < -0.39 is 5.97 Å². The highest BCUT2D eigenvalue weighted by atomic mass is 16.6. The number of hydrogen-bond acceptors (Lipinski definition) is 4. The van der Waals surface area contributed by atoms with Gasteiger partial charge in [0, 0.05) is 0 Å². The number of carbonyl (C=O) groups is 2. The highest BCUT2D eigenvalue weighted by Crippen LogP contribution is 2.17. The molecule has 1 atom stereocenters. The third-order valence-corrected chi connectivity index (χ3v) is 3.58. The molecular formula is C20H23NO4. The van der Waals surface area contributed by atoms with Crippen molar-refractivity contribution in [2.45, 2.75) is 25.8 Å². The van der Waals surface area contributed by atoms with Crippen LogP contribution in [0.25, 0.3) is 0 Å². The molecule has 2 aromatic rings. The molecule has 25 heavy (non-hydrogen) atoms. The monoisotopic (exact) mass is 341 g/mol. The van der Waals surface area contributed by atoms with Crippen LogP contribution in [-0.4, -0.2) is 25.1 Å². The fourth-order valence-corrected chi connectivity index (χ4v) is 2.38. The summed E-state index contributed by atoms with van der Waals surface area (Å²) in [5, 5.41) is 2.91. The van der Waals surface area contributed by atoms with Gasteiger partial charge in [0.2, 0.25) is 0 Å². The van der Waals surface area contributed by atoms with Gasteiger partial charge in [-0.05, 0) is 24.1 Å². The third-order valence-electron chi connectivity index (χ3n) is 3.58. The largest absolute Gasteiger partial charge is 0.482 e. The van der Waals surface area contributed by atoms with E-state index in [-0.39, 0.29) is 25.2 Å². The van der Waals surface area contributed by atoms with Crippen LogP contribution in [0, 0.1) is 0 Å². The van der Waals surface area contributed by atoms with Gasteiger partial charge in [0.25, 0.3) is 5.91 Å². The standard InChI is InChI=1S/C20H23NO4/c1-2-9-18(16-10-5-3-6-11-16)21-19(22)14-25-20(23)15-24-17-12-7-4-8-13-17/h3-8,10-13,18H,2,9,14-15H2,1H3,(H,21,22)/t18-/m0/s1. The molecule has 0 aliphatic carbocycles. The maximum absolute atomic E-state index is 12.1. The van der Waals surface area contributed by atoms with E-state index in [1.54, 1.807) is 12.1 Å². The molecule has 0 radical (unpaired) electrons. The second kappa shape index (κ2) is 10.1. The average Bonchev–Trinajstić information content (AvgIpc) is 2.66. The van der Waals surface area contributed by atoms with Gasteiger partial charge in [-0.2, -0.15) is 0 Å². The normalized spacial score (nSPS) is 11.4. The molecule has 0 saturated carbocycles. The molecule has 1 N–H and O–H groups in total. The Bertz CT molecular complexity index is 658. The van der Waals surface area contributed by atoms with Gasteiger partial charge in [-0.3, -0.25) is 4.79 Å². The molecule has 132 valence electrons. The van der Waals surface area contributed by atoms with Gasteiger partial charge in [0.1, 0.15) is 5.75 Å². The van der Waals surface area contributed by atoms with Crippen molar-refractivity contribution in [1.29, 1.82) is 0 Å². The van der Waals surface area contributed by atoms with Gasteiger partial charge < -0.3 is 14.8 Å². The van der Waals surface area contributed by atoms with Gasteiger partial charge in [-0.15, -0.1) is 0 Å². The molecule has 2 rings (SSSR count). The molecule has 5 heteroatoms. The highest BCUT2D eigenvalue weighted by Gasteiger charge is 2.15. The summed E-state index contributed by atoms with van der Waals surface area (Å²) in [6.45, 7) is 1.52. The lowest BCUT2D eigenvalue weighted by Crippen LogP contribution is -2.33. The Morgan fingerprint density at radius 2 is 1.60 bits per heavy atom. The molecule has 0 bridgehead atoms. The SMILES string of the molecule is CCC[C@H](NC(=O)COC(=O)COc1ccccc1)c1ccccc1. The van der Waals surface area contributed by atoms with E-state index in [0.717, 1.165) is 18.4 Å². The van der Waals surface area contributed by atoms with Crippen LogP contribution in [0.3, 0.4) is 0 Å². The number of ether oxygens (including phenoxy) is 2. The number of para-hydroxylation sites is 1. The predicted molar refractivity (Wildman–Crippen MR) is 95.1 cm³/mol. The topological polar surface area (TPSA) is 64.6 Å². The molecule has 5 nitrogen and oxygen atoms in total. The summed E-state index contributed by atoms with van der Waals surface area (Å²) >= 11 is 0. The van der Waals surface area contributed by atoms with E-state index in [9.17, 15) is 9.59 Å². The van der Waals surface area contributed by atoms with Crippen LogP contribution >= 0.6 is 0 Å². The summed E-state index contributed by atoms with van der Waals surface area (Å²) < 4.78 is 10.2. The molecule has 1 amide bonds. The minimum absolute atomic E-state index is 0.0852. The van der Waals surface area contributed by atoms with E-state index in [1.807, 2.05) is 48.5 Å². The molecule has 0 unspecified atom stereocenters. The van der Waals surface area contributed by atoms with E-state index in [4.69, 9.17) is 9.47 Å². The van der Waals surface area contributed by atoms with Gasteiger partial charge in [-0.25, -0.2) is 4.79 Å². The van der Waals surface area contributed by atoms with Crippen molar-refractivity contribution in [2.24, 2.45) is 0 Å². The Hall–Kier alpha value is -2.82. The smallest absolute Gasteiger partial charge is 0.344 e. The number of amides is 1. The molecular weight excluding hydrogens is 318 g/mol. The number of rotatable bonds is 9. The van der Waals surface area contributed by atoms with Gasteiger partial charge >= 0.3 is 5.97 Å². The van der Waals surface area contributed by atoms with Crippen molar-refractivity contribution in [3.63, 3.8) is 0 Å². The lowest BCUT2D eigenvalue weighted by molar-refractivity contribution is -0.150. The van der Waals surface area contributed by atoms with Crippen LogP contribution in [-0.2, 0) is 14.3 Å². The van der Waals surface area contributed by atoms with Crippen molar-refractivity contribution in [1.82, 2.24) is 5.32 Å². The first-order chi connectivity index (χ1) is 12.2. The van der Waals surface area contributed by atoms with Crippen molar-refractivity contribution < 1.29 is 19.1 Å². The zero-order valence-electron chi connectivity index (χ0n) is 14.3. The van der Waals surface area contributed by atoms with Crippen LogP contribution < -0.4 is 10.1 Å². The Balaban J connectivity index is 1.75. The van der Waals surface area contributed by atoms with Crippen LogP contribution in [0.15, 0.2) is 60.7 Å².